The summed E-state index contributed by atoms with van der Waals surface area (Å²) in [5, 5.41) is 0. The summed E-state index contributed by atoms with van der Waals surface area (Å²) in [7, 11) is 0. The molecule has 3 unspecified atom stereocenters. The fraction of sp³-hybridized carbons (Fsp3) is 1.00. The average molecular weight is 226 g/mol. The Morgan fingerprint density at radius 1 is 0.625 bits per heavy atom. The summed E-state index contributed by atoms with van der Waals surface area (Å²) in [6.07, 6.45) is 8.47. The number of rotatable bonds is 9. The molecule has 0 aromatic carbocycles. The Bertz CT molecular complexity index is 148. The summed E-state index contributed by atoms with van der Waals surface area (Å²) in [5.41, 5.74) is 0. The van der Waals surface area contributed by atoms with E-state index < -0.39 is 0 Å². The molecule has 0 N–H and O–H groups in total. The third kappa shape index (κ3) is 9.24. The molecule has 0 nitrogen and oxygen atoms in total. The summed E-state index contributed by atoms with van der Waals surface area (Å²) in [4.78, 5) is 0. The Labute approximate surface area is 104 Å². The zero-order valence-electron chi connectivity index (χ0n) is 12.6. The molecule has 0 aliphatic carbocycles. The second-order valence-electron chi connectivity index (χ2n) is 6.51. The van der Waals surface area contributed by atoms with Crippen molar-refractivity contribution in [2.24, 2.45) is 23.7 Å². The Kier molecular flexibility index (Phi) is 9.07. The summed E-state index contributed by atoms with van der Waals surface area (Å²) < 4.78 is 0. The molecular weight excluding hydrogens is 192 g/mol. The maximum atomic E-state index is 2.43. The molecule has 0 spiro atoms. The highest BCUT2D eigenvalue weighted by Crippen LogP contribution is 2.23. The van der Waals surface area contributed by atoms with Gasteiger partial charge >= 0.3 is 0 Å². The van der Waals surface area contributed by atoms with Crippen LogP contribution in [0.4, 0.5) is 0 Å². The van der Waals surface area contributed by atoms with Gasteiger partial charge in [0.2, 0.25) is 0 Å². The van der Waals surface area contributed by atoms with Gasteiger partial charge in [0.25, 0.3) is 0 Å². The molecule has 0 saturated carbocycles. The van der Waals surface area contributed by atoms with Crippen LogP contribution in [0, 0.1) is 23.7 Å². The van der Waals surface area contributed by atoms with Crippen LogP contribution < -0.4 is 0 Å². The lowest BCUT2D eigenvalue weighted by atomic mass is 9.88. The molecule has 0 saturated heterocycles. The van der Waals surface area contributed by atoms with Crippen molar-refractivity contribution in [1.82, 2.24) is 0 Å². The Balaban J connectivity index is 3.52. The highest BCUT2D eigenvalue weighted by molar-refractivity contribution is 4.62. The summed E-state index contributed by atoms with van der Waals surface area (Å²) in [5.74, 6) is 3.65. The predicted octanol–water partition coefficient (Wildman–Crippen LogP) is 5.91. The highest BCUT2D eigenvalue weighted by Gasteiger charge is 2.09. The molecule has 0 aliphatic heterocycles. The van der Waals surface area contributed by atoms with Gasteiger partial charge in [-0.15, -0.1) is 0 Å². The van der Waals surface area contributed by atoms with Crippen molar-refractivity contribution in [1.29, 1.82) is 0 Å². The molecule has 0 heterocycles. The van der Waals surface area contributed by atoms with Gasteiger partial charge in [-0.25, -0.2) is 0 Å². The van der Waals surface area contributed by atoms with Crippen LogP contribution in [0.1, 0.15) is 80.1 Å². The van der Waals surface area contributed by atoms with Crippen molar-refractivity contribution in [2.45, 2.75) is 80.1 Å². The molecule has 0 amide bonds. The molecule has 0 bridgehead atoms. The van der Waals surface area contributed by atoms with Gasteiger partial charge in [-0.1, -0.05) is 73.6 Å². The van der Waals surface area contributed by atoms with Gasteiger partial charge in [-0.05, 0) is 30.1 Å². The van der Waals surface area contributed by atoms with Crippen molar-refractivity contribution < 1.29 is 0 Å². The van der Waals surface area contributed by atoms with Crippen molar-refractivity contribution in [3.63, 3.8) is 0 Å². The summed E-state index contributed by atoms with van der Waals surface area (Å²) in [6.45, 7) is 14.2. The molecule has 98 valence electrons. The van der Waals surface area contributed by atoms with E-state index in [0.717, 1.165) is 23.7 Å². The first-order valence-corrected chi connectivity index (χ1v) is 7.45. The van der Waals surface area contributed by atoms with Crippen molar-refractivity contribution in [3.8, 4) is 0 Å². The van der Waals surface area contributed by atoms with Crippen LogP contribution in [0.5, 0.6) is 0 Å². The van der Waals surface area contributed by atoms with Crippen LogP contribution >= 0.6 is 0 Å². The molecule has 0 fully saturated rings. The van der Waals surface area contributed by atoms with Crippen LogP contribution in [-0.2, 0) is 0 Å². The van der Waals surface area contributed by atoms with Crippen molar-refractivity contribution in [3.05, 3.63) is 0 Å². The molecule has 0 aromatic heterocycles. The van der Waals surface area contributed by atoms with E-state index in [9.17, 15) is 0 Å². The fourth-order valence-corrected chi connectivity index (χ4v) is 2.41. The van der Waals surface area contributed by atoms with Gasteiger partial charge in [0.05, 0.1) is 0 Å². The summed E-state index contributed by atoms with van der Waals surface area (Å²) >= 11 is 0. The Morgan fingerprint density at radius 2 is 1.06 bits per heavy atom. The Morgan fingerprint density at radius 3 is 1.50 bits per heavy atom. The maximum absolute atomic E-state index is 2.43. The minimum absolute atomic E-state index is 0.866. The van der Waals surface area contributed by atoms with Gasteiger partial charge in [0.1, 0.15) is 0 Å². The van der Waals surface area contributed by atoms with Crippen LogP contribution in [-0.4, -0.2) is 0 Å². The first-order chi connectivity index (χ1) is 7.45. The van der Waals surface area contributed by atoms with Crippen molar-refractivity contribution in [2.75, 3.05) is 0 Å². The third-order valence-electron chi connectivity index (χ3n) is 3.88. The molecule has 16 heavy (non-hydrogen) atoms. The lowest BCUT2D eigenvalue weighted by Gasteiger charge is -2.18. The number of hydrogen-bond acceptors (Lipinski definition) is 0. The SMILES string of the molecule is CCC(C)CCC(C)CCC(C)CC(C)C. The van der Waals surface area contributed by atoms with E-state index in [0.29, 0.717) is 0 Å². The minimum atomic E-state index is 0.866. The highest BCUT2D eigenvalue weighted by atomic mass is 14.2. The second-order valence-corrected chi connectivity index (χ2v) is 6.51. The van der Waals surface area contributed by atoms with Gasteiger partial charge in [-0.3, -0.25) is 0 Å². The van der Waals surface area contributed by atoms with Crippen molar-refractivity contribution >= 4 is 0 Å². The van der Waals surface area contributed by atoms with E-state index in [-0.39, 0.29) is 0 Å². The first kappa shape index (κ1) is 16.0. The fourth-order valence-electron chi connectivity index (χ4n) is 2.41. The lowest BCUT2D eigenvalue weighted by Crippen LogP contribution is -2.05. The largest absolute Gasteiger partial charge is 0.0651 e. The van der Waals surface area contributed by atoms with Crippen LogP contribution in [0.15, 0.2) is 0 Å². The molecule has 0 rings (SSSR count). The molecule has 0 heteroatoms. The third-order valence-corrected chi connectivity index (χ3v) is 3.88. The number of hydrogen-bond donors (Lipinski definition) is 0. The van der Waals surface area contributed by atoms with Crippen LogP contribution in [0.2, 0.25) is 0 Å². The standard InChI is InChI=1S/C16H34/c1-7-14(4)8-9-15(5)10-11-16(6)12-13(2)3/h13-16H,7-12H2,1-6H3. The van der Waals surface area contributed by atoms with Crippen LogP contribution in [0.25, 0.3) is 0 Å². The monoisotopic (exact) mass is 226 g/mol. The van der Waals surface area contributed by atoms with E-state index in [2.05, 4.69) is 41.5 Å². The van der Waals surface area contributed by atoms with Gasteiger partial charge < -0.3 is 0 Å². The molecular formula is C16H34. The molecule has 3 atom stereocenters. The normalized spacial score (nSPS) is 17.4. The van der Waals surface area contributed by atoms with E-state index in [4.69, 9.17) is 0 Å². The quantitative estimate of drug-likeness (QED) is 0.458. The van der Waals surface area contributed by atoms with E-state index in [1.54, 1.807) is 0 Å². The second kappa shape index (κ2) is 9.07. The zero-order valence-corrected chi connectivity index (χ0v) is 12.6. The maximum Gasteiger partial charge on any atom is -0.0440 e. The van der Waals surface area contributed by atoms with E-state index >= 15 is 0 Å². The molecule has 0 aromatic rings. The zero-order chi connectivity index (χ0) is 12.6. The average Bonchev–Trinajstić information content (AvgIpc) is 2.22. The summed E-state index contributed by atoms with van der Waals surface area (Å²) in [6, 6.07) is 0. The predicted molar refractivity (Wildman–Crippen MR) is 75.7 cm³/mol. The smallest absolute Gasteiger partial charge is 0.0440 e. The van der Waals surface area contributed by atoms with Gasteiger partial charge in [0.15, 0.2) is 0 Å². The van der Waals surface area contributed by atoms with Gasteiger partial charge in [-0.2, -0.15) is 0 Å². The lowest BCUT2D eigenvalue weighted by molar-refractivity contribution is 0.345. The minimum Gasteiger partial charge on any atom is -0.0651 e. The topological polar surface area (TPSA) is 0 Å². The van der Waals surface area contributed by atoms with Crippen LogP contribution in [0.3, 0.4) is 0 Å². The molecule has 0 aliphatic rings. The Hall–Kier alpha value is 0. The van der Waals surface area contributed by atoms with E-state index in [1.807, 2.05) is 0 Å². The van der Waals surface area contributed by atoms with E-state index in [1.165, 1.54) is 38.5 Å². The van der Waals surface area contributed by atoms with Gasteiger partial charge in [0, 0.05) is 0 Å². The molecule has 0 radical (unpaired) electrons. The first-order valence-electron chi connectivity index (χ1n) is 7.45.